The van der Waals surface area contributed by atoms with Crippen LogP contribution in [-0.2, 0) is 10.2 Å². The molecular weight excluding hydrogens is 432 g/mol. The van der Waals surface area contributed by atoms with Crippen molar-refractivity contribution in [1.82, 2.24) is 11.0 Å². The normalized spacial score (nSPS) is 13.7. The quantitative estimate of drug-likeness (QED) is 0.516. The number of carbonyl (C=O) groups is 1. The van der Waals surface area contributed by atoms with Crippen LogP contribution in [0.4, 0.5) is 11.4 Å². The molecule has 8 nitrogen and oxygen atoms in total. The average molecular weight is 469 g/mol. The Hall–Kier alpha value is -3.39. The van der Waals surface area contributed by atoms with E-state index in [9.17, 15) is 4.79 Å². The molecule has 0 fully saturated rings. The van der Waals surface area contributed by atoms with Crippen molar-refractivity contribution in [3.63, 3.8) is 0 Å². The number of nitrogens with zero attached hydrogens (tertiary/aromatic N) is 1. The van der Waals surface area contributed by atoms with Gasteiger partial charge in [-0.15, -0.1) is 5.53 Å². The van der Waals surface area contributed by atoms with Crippen molar-refractivity contribution >= 4 is 17.3 Å². The molecule has 0 saturated heterocycles. The fraction of sp³-hybridized carbons (Fsp3) is 0.423. The molecule has 0 aromatic heterocycles. The summed E-state index contributed by atoms with van der Waals surface area (Å²) < 4.78 is 16.8. The molecule has 3 rings (SSSR count). The lowest BCUT2D eigenvalue weighted by atomic mass is 9.87. The van der Waals surface area contributed by atoms with Crippen molar-refractivity contribution in [2.45, 2.75) is 47.0 Å². The molecule has 34 heavy (non-hydrogen) atoms. The predicted molar refractivity (Wildman–Crippen MR) is 135 cm³/mol. The molecule has 0 atom stereocenters. The molecule has 0 radical (unpaired) electrons. The number of nitrogens with one attached hydrogen (secondary N) is 3. The summed E-state index contributed by atoms with van der Waals surface area (Å²) in [6.45, 7) is 13.0. The van der Waals surface area contributed by atoms with Gasteiger partial charge in [-0.2, -0.15) is 0 Å². The third-order valence-electron chi connectivity index (χ3n) is 5.51. The number of hydrogen-bond acceptors (Lipinski definition) is 7. The maximum absolute atomic E-state index is 13.3. The minimum absolute atomic E-state index is 0.0713. The number of amides is 1. The van der Waals surface area contributed by atoms with E-state index in [4.69, 9.17) is 14.2 Å². The maximum atomic E-state index is 13.3. The number of benzene rings is 2. The fourth-order valence-electron chi connectivity index (χ4n) is 3.49. The van der Waals surface area contributed by atoms with E-state index >= 15 is 0 Å². The Morgan fingerprint density at radius 2 is 1.76 bits per heavy atom. The van der Waals surface area contributed by atoms with Crippen molar-refractivity contribution in [1.29, 1.82) is 0 Å². The molecule has 8 heteroatoms. The Labute approximate surface area is 202 Å². The van der Waals surface area contributed by atoms with E-state index in [1.165, 1.54) is 0 Å². The van der Waals surface area contributed by atoms with Crippen molar-refractivity contribution in [2.24, 2.45) is 5.92 Å². The van der Waals surface area contributed by atoms with Crippen molar-refractivity contribution in [3.05, 3.63) is 53.4 Å². The van der Waals surface area contributed by atoms with Crippen LogP contribution in [0.5, 0.6) is 17.2 Å². The number of anilines is 2. The molecule has 0 spiro atoms. The van der Waals surface area contributed by atoms with E-state index in [1.807, 2.05) is 43.3 Å². The summed E-state index contributed by atoms with van der Waals surface area (Å²) >= 11 is 0. The molecular formula is C26H36N4O4. The van der Waals surface area contributed by atoms with Crippen LogP contribution in [0.3, 0.4) is 0 Å². The van der Waals surface area contributed by atoms with Crippen LogP contribution in [0.2, 0.25) is 0 Å². The number of rotatable bonds is 8. The number of methoxy groups -OCH3 is 2. The van der Waals surface area contributed by atoms with Gasteiger partial charge in [-0.25, -0.2) is 0 Å². The molecule has 0 bridgehead atoms. The highest BCUT2D eigenvalue weighted by Gasteiger charge is 2.28. The first kappa shape index (κ1) is 25.2. The highest BCUT2D eigenvalue weighted by molar-refractivity contribution is 6.05. The average Bonchev–Trinajstić information content (AvgIpc) is 3.18. The van der Waals surface area contributed by atoms with E-state index in [2.05, 4.69) is 50.9 Å². The second kappa shape index (κ2) is 10.3. The summed E-state index contributed by atoms with van der Waals surface area (Å²) in [5.41, 5.74) is 9.47. The van der Waals surface area contributed by atoms with Gasteiger partial charge in [0.2, 0.25) is 0 Å². The molecule has 1 aliphatic heterocycles. The van der Waals surface area contributed by atoms with Crippen LogP contribution in [-0.4, -0.2) is 26.7 Å². The van der Waals surface area contributed by atoms with Crippen molar-refractivity contribution < 1.29 is 19.0 Å². The molecule has 184 valence electrons. The largest absolute Gasteiger partial charge is 0.497 e. The van der Waals surface area contributed by atoms with Gasteiger partial charge in [-0.1, -0.05) is 40.7 Å². The first-order valence-electron chi connectivity index (χ1n) is 11.4. The van der Waals surface area contributed by atoms with Gasteiger partial charge in [0.15, 0.2) is 0 Å². The molecule has 2 aromatic carbocycles. The second-order valence-electron chi connectivity index (χ2n) is 9.69. The topological polar surface area (TPSA) is 84.1 Å². The molecule has 3 N–H and O–H groups in total. The Bertz CT molecular complexity index is 1070. The standard InChI is InChI=1S/C26H36N4O4/c1-16(2)15-34-22-11-9-18(26(4,5)6)13-20(22)27-25(31)24-17(3)30(29-28-24)21-14-19(32-7)10-12-23(21)33-8/h9-14,16,28-29H,15H2,1-8H3,(H,27,31). The summed E-state index contributed by atoms with van der Waals surface area (Å²) in [6, 6.07) is 11.4. The zero-order valence-corrected chi connectivity index (χ0v) is 21.3. The number of hydrazine groups is 2. The first-order chi connectivity index (χ1) is 16.0. The Morgan fingerprint density at radius 3 is 2.38 bits per heavy atom. The molecule has 0 unspecified atom stereocenters. The van der Waals surface area contributed by atoms with Gasteiger partial charge in [0, 0.05) is 6.07 Å². The van der Waals surface area contributed by atoms with Gasteiger partial charge in [0.25, 0.3) is 5.91 Å². The van der Waals surface area contributed by atoms with Gasteiger partial charge in [0.05, 0.1) is 32.2 Å². The van der Waals surface area contributed by atoms with Gasteiger partial charge in [-0.05, 0) is 48.1 Å². The zero-order valence-electron chi connectivity index (χ0n) is 21.3. The van der Waals surface area contributed by atoms with Crippen molar-refractivity contribution in [3.8, 4) is 17.2 Å². The summed E-state index contributed by atoms with van der Waals surface area (Å²) in [4.78, 5) is 13.3. The Morgan fingerprint density at radius 1 is 1.06 bits per heavy atom. The van der Waals surface area contributed by atoms with E-state index in [-0.39, 0.29) is 11.3 Å². The summed E-state index contributed by atoms with van der Waals surface area (Å²) in [6.07, 6.45) is 0. The van der Waals surface area contributed by atoms with E-state index in [1.54, 1.807) is 19.2 Å². The first-order valence-corrected chi connectivity index (χ1v) is 11.4. The van der Waals surface area contributed by atoms with Crippen LogP contribution in [0.15, 0.2) is 47.8 Å². The number of carbonyl (C=O) groups excluding carboxylic acids is 1. The Kier molecular flexibility index (Phi) is 7.61. The minimum Gasteiger partial charge on any atom is -0.497 e. The van der Waals surface area contributed by atoms with Crippen LogP contribution in [0.25, 0.3) is 0 Å². The fourth-order valence-corrected chi connectivity index (χ4v) is 3.49. The lowest BCUT2D eigenvalue weighted by Gasteiger charge is -2.22. The van der Waals surface area contributed by atoms with Gasteiger partial charge >= 0.3 is 0 Å². The maximum Gasteiger partial charge on any atom is 0.275 e. The highest BCUT2D eigenvalue weighted by Crippen LogP contribution is 2.36. The van der Waals surface area contributed by atoms with E-state index in [0.29, 0.717) is 52.5 Å². The van der Waals surface area contributed by atoms with Crippen LogP contribution in [0, 0.1) is 5.92 Å². The van der Waals surface area contributed by atoms with Crippen molar-refractivity contribution in [2.75, 3.05) is 31.2 Å². The molecule has 2 aromatic rings. The molecule has 1 amide bonds. The predicted octanol–water partition coefficient (Wildman–Crippen LogP) is 4.74. The van der Waals surface area contributed by atoms with E-state index in [0.717, 1.165) is 5.56 Å². The van der Waals surface area contributed by atoms with Crippen LogP contribution in [0.1, 0.15) is 47.1 Å². The minimum atomic E-state index is -0.283. The third kappa shape index (κ3) is 5.56. The van der Waals surface area contributed by atoms with Gasteiger partial charge < -0.3 is 19.5 Å². The second-order valence-corrected chi connectivity index (χ2v) is 9.69. The third-order valence-corrected chi connectivity index (χ3v) is 5.51. The molecule has 0 aliphatic carbocycles. The molecule has 0 saturated carbocycles. The number of ether oxygens (including phenoxy) is 3. The summed E-state index contributed by atoms with van der Waals surface area (Å²) in [7, 11) is 3.20. The SMILES string of the molecule is COc1ccc(OC)c(N2NNC(C(=O)Nc3cc(C(C)(C)C)ccc3OCC(C)C)=C2C)c1. The summed E-state index contributed by atoms with van der Waals surface area (Å²) in [5, 5.41) is 4.78. The smallest absolute Gasteiger partial charge is 0.275 e. The lowest BCUT2D eigenvalue weighted by molar-refractivity contribution is -0.113. The Balaban J connectivity index is 1.91. The van der Waals surface area contributed by atoms with Gasteiger partial charge in [-0.3, -0.25) is 15.2 Å². The summed E-state index contributed by atoms with van der Waals surface area (Å²) in [5.74, 6) is 2.04. The number of hydrogen-bond donors (Lipinski definition) is 3. The zero-order chi connectivity index (χ0) is 25.0. The van der Waals surface area contributed by atoms with Crippen LogP contribution >= 0.6 is 0 Å². The highest BCUT2D eigenvalue weighted by atomic mass is 16.5. The monoisotopic (exact) mass is 468 g/mol. The number of allylic oxidation sites excluding steroid dienone is 1. The molecule has 1 aliphatic rings. The van der Waals surface area contributed by atoms with Gasteiger partial charge in [0.1, 0.15) is 28.6 Å². The van der Waals surface area contributed by atoms with Crippen LogP contribution < -0.4 is 35.5 Å². The lowest BCUT2D eigenvalue weighted by Crippen LogP contribution is -2.39. The van der Waals surface area contributed by atoms with E-state index < -0.39 is 0 Å². The molecule has 1 heterocycles.